The van der Waals surface area contributed by atoms with Gasteiger partial charge in [-0.15, -0.1) is 0 Å². The van der Waals surface area contributed by atoms with Crippen molar-refractivity contribution in [1.29, 1.82) is 0 Å². The number of nitro benzene ring substituents is 1. The maximum Gasteiger partial charge on any atom is 0.338 e. The summed E-state index contributed by atoms with van der Waals surface area (Å²) in [5, 5.41) is 13.4. The first-order chi connectivity index (χ1) is 13.4. The van der Waals surface area contributed by atoms with Crippen LogP contribution in [-0.4, -0.2) is 43.0 Å². The summed E-state index contributed by atoms with van der Waals surface area (Å²) in [5.41, 5.74) is 2.05. The number of nitrogens with one attached hydrogen (secondary N) is 1. The van der Waals surface area contributed by atoms with Crippen LogP contribution in [0.5, 0.6) is 0 Å². The van der Waals surface area contributed by atoms with Gasteiger partial charge in [0.15, 0.2) is 6.61 Å². The lowest BCUT2D eigenvalue weighted by Gasteiger charge is -2.23. The number of esters is 1. The summed E-state index contributed by atoms with van der Waals surface area (Å²) in [6.45, 7) is 5.42. The fourth-order valence-electron chi connectivity index (χ4n) is 2.64. The highest BCUT2D eigenvalue weighted by Gasteiger charge is 2.14. The van der Waals surface area contributed by atoms with Crippen molar-refractivity contribution in [3.8, 4) is 0 Å². The van der Waals surface area contributed by atoms with Crippen LogP contribution >= 0.6 is 0 Å². The monoisotopic (exact) mass is 385 g/mol. The smallest absolute Gasteiger partial charge is 0.338 e. The van der Waals surface area contributed by atoms with Gasteiger partial charge in [-0.25, -0.2) is 4.79 Å². The van der Waals surface area contributed by atoms with E-state index in [4.69, 9.17) is 4.74 Å². The molecular formula is C20H23N3O5. The van der Waals surface area contributed by atoms with Crippen molar-refractivity contribution >= 4 is 23.3 Å². The molecule has 28 heavy (non-hydrogen) atoms. The number of likely N-dealkylation sites (N-methyl/N-ethyl adjacent to an activating group) is 1. The Bertz CT molecular complexity index is 853. The molecular weight excluding hydrogens is 362 g/mol. The van der Waals surface area contributed by atoms with Crippen molar-refractivity contribution in [2.45, 2.75) is 13.8 Å². The zero-order valence-corrected chi connectivity index (χ0v) is 15.9. The second kappa shape index (κ2) is 10.1. The number of carbonyl (C=O) groups excluding carboxylic acids is 2. The van der Waals surface area contributed by atoms with E-state index in [1.807, 2.05) is 32.0 Å². The Labute approximate surface area is 163 Å². The molecule has 2 aromatic carbocycles. The molecule has 0 radical (unpaired) electrons. The van der Waals surface area contributed by atoms with Crippen LogP contribution in [-0.2, 0) is 9.53 Å². The quantitative estimate of drug-likeness (QED) is 0.405. The first-order valence-corrected chi connectivity index (χ1v) is 8.90. The fourth-order valence-corrected chi connectivity index (χ4v) is 2.64. The van der Waals surface area contributed by atoms with Gasteiger partial charge < -0.3 is 15.0 Å². The van der Waals surface area contributed by atoms with E-state index in [-0.39, 0.29) is 11.3 Å². The van der Waals surface area contributed by atoms with Crippen molar-refractivity contribution in [3.63, 3.8) is 0 Å². The van der Waals surface area contributed by atoms with Crippen molar-refractivity contribution in [2.24, 2.45) is 0 Å². The molecule has 1 N–H and O–H groups in total. The number of nitrogens with zero attached hydrogens (tertiary/aromatic N) is 2. The van der Waals surface area contributed by atoms with E-state index >= 15 is 0 Å². The lowest BCUT2D eigenvalue weighted by atomic mass is 10.2. The minimum absolute atomic E-state index is 0.0265. The van der Waals surface area contributed by atoms with Gasteiger partial charge in [-0.05, 0) is 37.6 Å². The van der Waals surface area contributed by atoms with E-state index in [2.05, 4.69) is 16.3 Å². The standard InChI is InChI=1S/C20H23N3O5/c1-3-22(17-8-4-6-15(2)12-17)11-10-21-19(24)14-28-20(25)16-7-5-9-18(13-16)23(26)27/h4-9,12-13H,3,10-11,14H2,1-2H3,(H,21,24). The third-order valence-corrected chi connectivity index (χ3v) is 4.08. The van der Waals surface area contributed by atoms with Crippen LogP contribution in [0, 0.1) is 17.0 Å². The Balaban J connectivity index is 1.78. The highest BCUT2D eigenvalue weighted by molar-refractivity contribution is 5.91. The van der Waals surface area contributed by atoms with Crippen LogP contribution in [0.15, 0.2) is 48.5 Å². The highest BCUT2D eigenvalue weighted by atomic mass is 16.6. The molecule has 0 bridgehead atoms. The van der Waals surface area contributed by atoms with Gasteiger partial charge in [-0.2, -0.15) is 0 Å². The Morgan fingerprint density at radius 3 is 2.61 bits per heavy atom. The van der Waals surface area contributed by atoms with E-state index < -0.39 is 23.4 Å². The average Bonchev–Trinajstić information content (AvgIpc) is 2.69. The van der Waals surface area contributed by atoms with Gasteiger partial charge in [-0.3, -0.25) is 14.9 Å². The average molecular weight is 385 g/mol. The zero-order chi connectivity index (χ0) is 20.5. The van der Waals surface area contributed by atoms with E-state index in [1.165, 1.54) is 18.2 Å². The van der Waals surface area contributed by atoms with Crippen LogP contribution in [0.3, 0.4) is 0 Å². The summed E-state index contributed by atoms with van der Waals surface area (Å²) < 4.78 is 4.92. The van der Waals surface area contributed by atoms with Gasteiger partial charge in [0.05, 0.1) is 10.5 Å². The number of benzene rings is 2. The number of nitro groups is 1. The number of anilines is 1. The van der Waals surface area contributed by atoms with Crippen molar-refractivity contribution in [3.05, 3.63) is 69.8 Å². The molecule has 2 aromatic rings. The third kappa shape index (κ3) is 6.08. The Morgan fingerprint density at radius 1 is 1.18 bits per heavy atom. The topological polar surface area (TPSA) is 102 Å². The van der Waals surface area contributed by atoms with E-state index in [0.717, 1.165) is 23.9 Å². The first kappa shape index (κ1) is 20.9. The Morgan fingerprint density at radius 2 is 1.93 bits per heavy atom. The van der Waals surface area contributed by atoms with Crippen molar-refractivity contribution in [2.75, 3.05) is 31.1 Å². The van der Waals surface area contributed by atoms with Crippen LogP contribution in [0.2, 0.25) is 0 Å². The third-order valence-electron chi connectivity index (χ3n) is 4.08. The first-order valence-electron chi connectivity index (χ1n) is 8.90. The van der Waals surface area contributed by atoms with Gasteiger partial charge in [-0.1, -0.05) is 18.2 Å². The molecule has 0 heterocycles. The summed E-state index contributed by atoms with van der Waals surface area (Å²) in [6.07, 6.45) is 0. The zero-order valence-electron chi connectivity index (χ0n) is 15.9. The SMILES string of the molecule is CCN(CCNC(=O)COC(=O)c1cccc([N+](=O)[O-])c1)c1cccc(C)c1. The molecule has 0 atom stereocenters. The predicted molar refractivity (Wildman–Crippen MR) is 105 cm³/mol. The van der Waals surface area contributed by atoms with Crippen molar-refractivity contribution in [1.82, 2.24) is 5.32 Å². The number of rotatable bonds is 9. The van der Waals surface area contributed by atoms with Gasteiger partial charge >= 0.3 is 5.97 Å². The molecule has 8 heteroatoms. The van der Waals surface area contributed by atoms with E-state index in [9.17, 15) is 19.7 Å². The number of amides is 1. The molecule has 0 aliphatic heterocycles. The molecule has 2 rings (SSSR count). The lowest BCUT2D eigenvalue weighted by molar-refractivity contribution is -0.384. The van der Waals surface area contributed by atoms with Crippen molar-refractivity contribution < 1.29 is 19.2 Å². The van der Waals surface area contributed by atoms with Gasteiger partial charge in [0, 0.05) is 37.5 Å². The van der Waals surface area contributed by atoms with Crippen LogP contribution in [0.4, 0.5) is 11.4 Å². The van der Waals surface area contributed by atoms with Gasteiger partial charge in [0.1, 0.15) is 0 Å². The number of hydrogen-bond donors (Lipinski definition) is 1. The molecule has 0 aromatic heterocycles. The molecule has 1 amide bonds. The molecule has 0 aliphatic carbocycles. The molecule has 0 unspecified atom stereocenters. The van der Waals surface area contributed by atoms with Gasteiger partial charge in [0.2, 0.25) is 0 Å². The van der Waals surface area contributed by atoms with Gasteiger partial charge in [0.25, 0.3) is 11.6 Å². The van der Waals surface area contributed by atoms with Crippen LogP contribution < -0.4 is 10.2 Å². The minimum atomic E-state index is -0.784. The summed E-state index contributed by atoms with van der Waals surface area (Å²) in [4.78, 5) is 36.1. The molecule has 0 saturated heterocycles. The summed E-state index contributed by atoms with van der Waals surface area (Å²) in [7, 11) is 0. The second-order valence-electron chi connectivity index (χ2n) is 6.15. The maximum atomic E-state index is 11.9. The fraction of sp³-hybridized carbons (Fsp3) is 0.300. The lowest BCUT2D eigenvalue weighted by Crippen LogP contribution is -2.36. The molecule has 0 saturated carbocycles. The molecule has 148 valence electrons. The molecule has 0 spiro atoms. The summed E-state index contributed by atoms with van der Waals surface area (Å²) >= 11 is 0. The molecule has 8 nitrogen and oxygen atoms in total. The largest absolute Gasteiger partial charge is 0.452 e. The maximum absolute atomic E-state index is 11.9. The number of hydrogen-bond acceptors (Lipinski definition) is 6. The highest BCUT2D eigenvalue weighted by Crippen LogP contribution is 2.15. The number of non-ortho nitro benzene ring substituents is 1. The van der Waals surface area contributed by atoms with Crippen LogP contribution in [0.25, 0.3) is 0 Å². The number of ether oxygens (including phenoxy) is 1. The van der Waals surface area contributed by atoms with E-state index in [0.29, 0.717) is 13.1 Å². The molecule has 0 aliphatic rings. The predicted octanol–water partition coefficient (Wildman–Crippen LogP) is 2.70. The van der Waals surface area contributed by atoms with Crippen LogP contribution in [0.1, 0.15) is 22.8 Å². The minimum Gasteiger partial charge on any atom is -0.452 e. The number of aryl methyl sites for hydroxylation is 1. The number of carbonyl (C=O) groups is 2. The Kier molecular flexibility index (Phi) is 7.50. The summed E-state index contributed by atoms with van der Waals surface area (Å²) in [6, 6.07) is 13.3. The summed E-state index contributed by atoms with van der Waals surface area (Å²) in [5.74, 6) is -1.21. The van der Waals surface area contributed by atoms with E-state index in [1.54, 1.807) is 0 Å². The normalized spacial score (nSPS) is 10.2. The molecule has 0 fully saturated rings. The Hall–Kier alpha value is -3.42. The second-order valence-corrected chi connectivity index (χ2v) is 6.15.